The highest BCUT2D eigenvalue weighted by atomic mass is 32.2. The fourth-order valence-corrected chi connectivity index (χ4v) is 2.49. The molecule has 0 bridgehead atoms. The SMILES string of the molecule is CS(=O)(=O)OCCC(COS(C)(=O)=O)NC(=O)OCc1ccccc1. The van der Waals surface area contributed by atoms with Gasteiger partial charge in [-0.15, -0.1) is 0 Å². The Labute approximate surface area is 147 Å². The second-order valence-electron chi connectivity index (χ2n) is 5.21. The average molecular weight is 395 g/mol. The second kappa shape index (κ2) is 9.70. The molecule has 0 fully saturated rings. The first kappa shape index (κ1) is 21.4. The normalized spacial score (nSPS) is 13.2. The van der Waals surface area contributed by atoms with Gasteiger partial charge in [0, 0.05) is 0 Å². The fourth-order valence-electron chi connectivity index (χ4n) is 1.68. The van der Waals surface area contributed by atoms with Crippen molar-refractivity contribution < 1.29 is 34.7 Å². The minimum absolute atomic E-state index is 0.0169. The topological polar surface area (TPSA) is 125 Å². The Balaban J connectivity index is 2.53. The fraction of sp³-hybridized carbons (Fsp3) is 0.500. The summed E-state index contributed by atoms with van der Waals surface area (Å²) in [6, 6.07) is 8.16. The molecule has 1 amide bonds. The van der Waals surface area contributed by atoms with Crippen molar-refractivity contribution in [3.8, 4) is 0 Å². The molecule has 0 saturated heterocycles. The van der Waals surface area contributed by atoms with Gasteiger partial charge in [-0.2, -0.15) is 16.8 Å². The largest absolute Gasteiger partial charge is 0.445 e. The minimum Gasteiger partial charge on any atom is -0.445 e. The minimum atomic E-state index is -3.71. The third kappa shape index (κ3) is 11.5. The van der Waals surface area contributed by atoms with Gasteiger partial charge in [0.25, 0.3) is 20.2 Å². The van der Waals surface area contributed by atoms with Crippen molar-refractivity contribution in [3.05, 3.63) is 35.9 Å². The standard InChI is InChI=1S/C14H21NO8S2/c1-24(17,18)22-9-8-13(11-23-25(2,19)20)15-14(16)21-10-12-6-4-3-5-7-12/h3-7,13H,8-11H2,1-2H3,(H,15,16). The van der Waals surface area contributed by atoms with Crippen LogP contribution in [0.25, 0.3) is 0 Å². The van der Waals surface area contributed by atoms with Crippen LogP contribution in [0.1, 0.15) is 12.0 Å². The Morgan fingerprint density at radius 2 is 1.64 bits per heavy atom. The van der Waals surface area contributed by atoms with E-state index < -0.39 is 32.4 Å². The Kier molecular flexibility index (Phi) is 8.29. The van der Waals surface area contributed by atoms with Gasteiger partial charge in [0.2, 0.25) is 0 Å². The lowest BCUT2D eigenvalue weighted by Gasteiger charge is -2.17. The zero-order valence-corrected chi connectivity index (χ0v) is 15.5. The predicted molar refractivity (Wildman–Crippen MR) is 89.8 cm³/mol. The molecule has 0 aliphatic rings. The van der Waals surface area contributed by atoms with E-state index in [1.54, 1.807) is 24.3 Å². The molecular formula is C14H21NO8S2. The molecule has 1 rings (SSSR count). The summed E-state index contributed by atoms with van der Waals surface area (Å²) in [6.45, 7) is -0.575. The molecule has 11 heteroatoms. The molecule has 0 saturated carbocycles. The maximum absolute atomic E-state index is 11.8. The first-order valence-electron chi connectivity index (χ1n) is 7.21. The number of benzene rings is 1. The van der Waals surface area contributed by atoms with Gasteiger partial charge in [0.15, 0.2) is 0 Å². The second-order valence-corrected chi connectivity index (χ2v) is 8.49. The first-order valence-corrected chi connectivity index (χ1v) is 10.8. The van der Waals surface area contributed by atoms with Gasteiger partial charge < -0.3 is 10.1 Å². The number of hydrogen-bond acceptors (Lipinski definition) is 8. The number of nitrogens with one attached hydrogen (secondary N) is 1. The summed E-state index contributed by atoms with van der Waals surface area (Å²) >= 11 is 0. The molecule has 1 unspecified atom stereocenters. The molecule has 0 heterocycles. The Hall–Kier alpha value is -1.69. The molecule has 1 N–H and O–H groups in total. The quantitative estimate of drug-likeness (QED) is 0.572. The highest BCUT2D eigenvalue weighted by Crippen LogP contribution is 2.03. The van der Waals surface area contributed by atoms with Gasteiger partial charge in [-0.25, -0.2) is 4.79 Å². The predicted octanol–water partition coefficient (Wildman–Crippen LogP) is 0.624. The monoisotopic (exact) mass is 395 g/mol. The third-order valence-corrected chi connectivity index (χ3v) is 3.94. The molecule has 1 aromatic rings. The zero-order valence-electron chi connectivity index (χ0n) is 13.9. The van der Waals surface area contributed by atoms with Crippen molar-refractivity contribution in [2.45, 2.75) is 19.1 Å². The number of hydrogen-bond donors (Lipinski definition) is 1. The molecule has 0 radical (unpaired) electrons. The lowest BCUT2D eigenvalue weighted by Crippen LogP contribution is -2.40. The van der Waals surface area contributed by atoms with Gasteiger partial charge in [-0.05, 0) is 12.0 Å². The lowest BCUT2D eigenvalue weighted by atomic mass is 10.2. The van der Waals surface area contributed by atoms with Gasteiger partial charge in [-0.3, -0.25) is 8.37 Å². The molecule has 0 aromatic heterocycles. The van der Waals surface area contributed by atoms with E-state index in [-0.39, 0.29) is 26.2 Å². The summed E-state index contributed by atoms with van der Waals surface area (Å²) in [5.74, 6) is 0. The summed E-state index contributed by atoms with van der Waals surface area (Å²) in [5.41, 5.74) is 0.780. The Morgan fingerprint density at radius 3 is 2.20 bits per heavy atom. The number of ether oxygens (including phenoxy) is 1. The number of carbonyl (C=O) groups excluding carboxylic acids is 1. The van der Waals surface area contributed by atoms with Gasteiger partial charge in [-0.1, -0.05) is 30.3 Å². The van der Waals surface area contributed by atoms with Gasteiger partial charge in [0.1, 0.15) is 6.61 Å². The van der Waals surface area contributed by atoms with E-state index in [2.05, 4.69) is 13.7 Å². The zero-order chi connectivity index (χ0) is 18.9. The van der Waals surface area contributed by atoms with E-state index in [0.29, 0.717) is 0 Å². The Bertz CT molecular complexity index is 746. The molecule has 1 atom stereocenters. The smallest absolute Gasteiger partial charge is 0.407 e. The Morgan fingerprint density at radius 1 is 1.04 bits per heavy atom. The number of rotatable bonds is 10. The van der Waals surface area contributed by atoms with Crippen molar-refractivity contribution in [1.82, 2.24) is 5.32 Å². The maximum Gasteiger partial charge on any atom is 0.407 e. The van der Waals surface area contributed by atoms with Crippen LogP contribution in [-0.4, -0.2) is 54.7 Å². The van der Waals surface area contributed by atoms with Crippen molar-refractivity contribution in [1.29, 1.82) is 0 Å². The highest BCUT2D eigenvalue weighted by molar-refractivity contribution is 7.86. The van der Waals surface area contributed by atoms with E-state index >= 15 is 0 Å². The molecule has 0 aliphatic carbocycles. The van der Waals surface area contributed by atoms with Crippen LogP contribution in [0.15, 0.2) is 30.3 Å². The molecule has 0 aliphatic heterocycles. The summed E-state index contributed by atoms with van der Waals surface area (Å²) in [4.78, 5) is 11.8. The van der Waals surface area contributed by atoms with Crippen LogP contribution in [0.3, 0.4) is 0 Å². The van der Waals surface area contributed by atoms with E-state index in [0.717, 1.165) is 18.1 Å². The van der Waals surface area contributed by atoms with E-state index in [1.807, 2.05) is 6.07 Å². The van der Waals surface area contributed by atoms with Crippen LogP contribution in [0.4, 0.5) is 4.79 Å². The number of carbonyl (C=O) groups is 1. The number of amides is 1. The highest BCUT2D eigenvalue weighted by Gasteiger charge is 2.17. The molecule has 0 spiro atoms. The van der Waals surface area contributed by atoms with Crippen LogP contribution in [-0.2, 0) is 39.9 Å². The van der Waals surface area contributed by atoms with E-state index in [1.165, 1.54) is 0 Å². The van der Waals surface area contributed by atoms with Crippen molar-refractivity contribution in [2.24, 2.45) is 0 Å². The van der Waals surface area contributed by atoms with Crippen LogP contribution in [0.5, 0.6) is 0 Å². The van der Waals surface area contributed by atoms with E-state index in [9.17, 15) is 21.6 Å². The molecule has 25 heavy (non-hydrogen) atoms. The van der Waals surface area contributed by atoms with Gasteiger partial charge in [0.05, 0.1) is 31.8 Å². The lowest BCUT2D eigenvalue weighted by molar-refractivity contribution is 0.128. The summed E-state index contributed by atoms with van der Waals surface area (Å²) in [6.07, 6.45) is 0.981. The third-order valence-electron chi connectivity index (χ3n) is 2.78. The van der Waals surface area contributed by atoms with Crippen molar-refractivity contribution in [3.63, 3.8) is 0 Å². The van der Waals surface area contributed by atoms with E-state index in [4.69, 9.17) is 4.74 Å². The average Bonchev–Trinajstić information content (AvgIpc) is 2.49. The van der Waals surface area contributed by atoms with Crippen molar-refractivity contribution >= 4 is 26.3 Å². The summed E-state index contributed by atoms with van der Waals surface area (Å²) in [5, 5.41) is 2.42. The first-order chi connectivity index (χ1) is 11.6. The molecular weight excluding hydrogens is 374 g/mol. The molecule has 142 valence electrons. The summed E-state index contributed by atoms with van der Waals surface area (Å²) in [7, 11) is -7.36. The molecule has 9 nitrogen and oxygen atoms in total. The van der Waals surface area contributed by atoms with Crippen LogP contribution < -0.4 is 5.32 Å². The molecule has 1 aromatic carbocycles. The van der Waals surface area contributed by atoms with Crippen LogP contribution in [0, 0.1) is 0 Å². The van der Waals surface area contributed by atoms with Crippen molar-refractivity contribution in [2.75, 3.05) is 25.7 Å². The van der Waals surface area contributed by atoms with Crippen LogP contribution in [0.2, 0.25) is 0 Å². The summed E-state index contributed by atoms with van der Waals surface area (Å²) < 4.78 is 58.3. The number of alkyl carbamates (subject to hydrolysis) is 1. The maximum atomic E-state index is 11.8. The van der Waals surface area contributed by atoms with Gasteiger partial charge >= 0.3 is 6.09 Å². The van der Waals surface area contributed by atoms with Crippen LogP contribution >= 0.6 is 0 Å².